The molecule has 0 radical (unpaired) electrons. The molecular weight excluding hydrogens is 253 g/mol. The summed E-state index contributed by atoms with van der Waals surface area (Å²) in [4.78, 5) is 0. The largest absolute Gasteiger partial charge is 0.505 e. The van der Waals surface area contributed by atoms with E-state index in [9.17, 15) is 9.50 Å². The Hall–Kier alpha value is -0.650. The summed E-state index contributed by atoms with van der Waals surface area (Å²) < 4.78 is 13.6. The zero-order valence-corrected chi connectivity index (χ0v) is 9.18. The van der Waals surface area contributed by atoms with Crippen LogP contribution in [0.4, 0.5) is 4.39 Å². The molecule has 0 saturated heterocycles. The number of hydrogen-bond donors (Lipinski definition) is 3. The molecule has 0 aliphatic heterocycles. The highest BCUT2D eigenvalue weighted by Crippen LogP contribution is 2.33. The predicted molar refractivity (Wildman–Crippen MR) is 54.5 cm³/mol. The second kappa shape index (κ2) is 4.25. The molecule has 0 spiro atoms. The van der Waals surface area contributed by atoms with Crippen molar-refractivity contribution in [3.05, 3.63) is 27.5 Å². The second-order valence-corrected chi connectivity index (χ2v) is 3.87. The van der Waals surface area contributed by atoms with Crippen LogP contribution < -0.4 is 5.73 Å². The van der Waals surface area contributed by atoms with Crippen LogP contribution in [0.5, 0.6) is 5.75 Å². The topological polar surface area (TPSA) is 66.5 Å². The molecule has 0 amide bonds. The van der Waals surface area contributed by atoms with Crippen molar-refractivity contribution in [3.63, 3.8) is 0 Å². The fourth-order valence-electron chi connectivity index (χ4n) is 1.27. The zero-order chi connectivity index (χ0) is 10.9. The van der Waals surface area contributed by atoms with Crippen molar-refractivity contribution in [2.45, 2.75) is 13.0 Å². The smallest absolute Gasteiger partial charge is 0.166 e. The third-order valence-electron chi connectivity index (χ3n) is 2.06. The van der Waals surface area contributed by atoms with Gasteiger partial charge in [-0.25, -0.2) is 4.39 Å². The van der Waals surface area contributed by atoms with Crippen molar-refractivity contribution in [1.82, 2.24) is 0 Å². The molecule has 0 saturated carbocycles. The lowest BCUT2D eigenvalue weighted by molar-refractivity contribution is 0.264. The summed E-state index contributed by atoms with van der Waals surface area (Å²) in [5.41, 5.74) is 6.40. The summed E-state index contributed by atoms with van der Waals surface area (Å²) in [5, 5.41) is 18.3. The Morgan fingerprint density at radius 3 is 2.71 bits per heavy atom. The molecule has 1 atom stereocenters. The molecule has 0 aliphatic rings. The van der Waals surface area contributed by atoms with Crippen LogP contribution in [-0.4, -0.2) is 16.8 Å². The van der Waals surface area contributed by atoms with E-state index >= 15 is 0 Å². The van der Waals surface area contributed by atoms with Crippen LogP contribution in [0.2, 0.25) is 0 Å². The summed E-state index contributed by atoms with van der Waals surface area (Å²) in [6, 6.07) is 0.389. The number of halogens is 2. The van der Waals surface area contributed by atoms with Crippen LogP contribution in [-0.2, 0) is 0 Å². The van der Waals surface area contributed by atoms with E-state index in [1.165, 1.54) is 0 Å². The van der Waals surface area contributed by atoms with Gasteiger partial charge in [0.25, 0.3) is 0 Å². The van der Waals surface area contributed by atoms with E-state index < -0.39 is 17.6 Å². The molecule has 0 aromatic heterocycles. The highest BCUT2D eigenvalue weighted by atomic mass is 79.9. The lowest BCUT2D eigenvalue weighted by Gasteiger charge is -2.15. The number of aliphatic hydroxyl groups is 1. The van der Waals surface area contributed by atoms with Crippen molar-refractivity contribution in [3.8, 4) is 5.75 Å². The van der Waals surface area contributed by atoms with Crippen LogP contribution in [0.15, 0.2) is 10.5 Å². The van der Waals surface area contributed by atoms with Crippen molar-refractivity contribution < 1.29 is 14.6 Å². The van der Waals surface area contributed by atoms with Crippen LogP contribution in [0.3, 0.4) is 0 Å². The first-order valence-electron chi connectivity index (χ1n) is 4.03. The molecule has 5 heteroatoms. The first-order chi connectivity index (χ1) is 6.49. The molecule has 1 aromatic carbocycles. The van der Waals surface area contributed by atoms with Gasteiger partial charge in [0.15, 0.2) is 11.6 Å². The standard InChI is InChI=1S/C9H11BrFNO2/c1-4-5(10)2-6(11)9(14)8(4)7(12)3-13/h2,7,13-14H,3,12H2,1H3. The summed E-state index contributed by atoms with van der Waals surface area (Å²) in [5.74, 6) is -1.24. The van der Waals surface area contributed by atoms with Gasteiger partial charge in [0.2, 0.25) is 0 Å². The summed E-state index contributed by atoms with van der Waals surface area (Å²) in [6.45, 7) is 1.35. The normalized spacial score (nSPS) is 12.9. The van der Waals surface area contributed by atoms with Gasteiger partial charge < -0.3 is 15.9 Å². The van der Waals surface area contributed by atoms with Crippen molar-refractivity contribution in [2.75, 3.05) is 6.61 Å². The third kappa shape index (κ3) is 1.89. The molecule has 3 nitrogen and oxygen atoms in total. The predicted octanol–water partition coefficient (Wildman–Crippen LogP) is 1.59. The molecular formula is C9H11BrFNO2. The number of benzene rings is 1. The maximum absolute atomic E-state index is 13.1. The Labute approximate surface area is 89.5 Å². The second-order valence-electron chi connectivity index (χ2n) is 3.02. The van der Waals surface area contributed by atoms with Gasteiger partial charge in [-0.2, -0.15) is 0 Å². The average Bonchev–Trinajstić information content (AvgIpc) is 2.15. The number of hydrogen-bond acceptors (Lipinski definition) is 3. The number of phenolic OH excluding ortho intramolecular Hbond substituents is 1. The van der Waals surface area contributed by atoms with Crippen LogP contribution in [0.25, 0.3) is 0 Å². The quantitative estimate of drug-likeness (QED) is 0.760. The van der Waals surface area contributed by atoms with E-state index in [-0.39, 0.29) is 12.2 Å². The van der Waals surface area contributed by atoms with Gasteiger partial charge in [0.1, 0.15) is 0 Å². The molecule has 0 fully saturated rings. The molecule has 4 N–H and O–H groups in total. The molecule has 0 heterocycles. The average molecular weight is 264 g/mol. The molecule has 1 rings (SSSR count). The number of phenols is 1. The Kier molecular flexibility index (Phi) is 3.47. The Balaban J connectivity index is 3.39. The highest BCUT2D eigenvalue weighted by molar-refractivity contribution is 9.10. The Bertz CT molecular complexity index is 331. The maximum atomic E-state index is 13.1. The van der Waals surface area contributed by atoms with Crippen molar-refractivity contribution in [2.24, 2.45) is 5.73 Å². The lowest BCUT2D eigenvalue weighted by Crippen LogP contribution is -2.16. The SMILES string of the molecule is Cc1c(Br)cc(F)c(O)c1C(N)CO. The van der Waals surface area contributed by atoms with E-state index in [4.69, 9.17) is 10.8 Å². The van der Waals surface area contributed by atoms with Gasteiger partial charge in [0.05, 0.1) is 12.6 Å². The number of nitrogens with two attached hydrogens (primary N) is 1. The van der Waals surface area contributed by atoms with Gasteiger partial charge in [0, 0.05) is 10.0 Å². The first kappa shape index (κ1) is 11.4. The van der Waals surface area contributed by atoms with E-state index in [0.717, 1.165) is 6.07 Å². The van der Waals surface area contributed by atoms with Crippen LogP contribution >= 0.6 is 15.9 Å². The van der Waals surface area contributed by atoms with E-state index in [0.29, 0.717) is 10.0 Å². The van der Waals surface area contributed by atoms with E-state index in [1.807, 2.05) is 0 Å². The highest BCUT2D eigenvalue weighted by Gasteiger charge is 2.18. The van der Waals surface area contributed by atoms with Gasteiger partial charge in [-0.15, -0.1) is 0 Å². The number of aliphatic hydroxyl groups excluding tert-OH is 1. The Morgan fingerprint density at radius 2 is 2.21 bits per heavy atom. The Morgan fingerprint density at radius 1 is 1.64 bits per heavy atom. The van der Waals surface area contributed by atoms with E-state index in [1.54, 1.807) is 6.92 Å². The molecule has 1 unspecified atom stereocenters. The minimum absolute atomic E-state index is 0.236. The van der Waals surface area contributed by atoms with Gasteiger partial charge in [-0.1, -0.05) is 15.9 Å². The van der Waals surface area contributed by atoms with Crippen LogP contribution in [0.1, 0.15) is 17.2 Å². The lowest BCUT2D eigenvalue weighted by atomic mass is 10.0. The minimum Gasteiger partial charge on any atom is -0.505 e. The number of aromatic hydroxyl groups is 1. The first-order valence-corrected chi connectivity index (χ1v) is 4.82. The zero-order valence-electron chi connectivity index (χ0n) is 7.59. The van der Waals surface area contributed by atoms with Crippen molar-refractivity contribution in [1.29, 1.82) is 0 Å². The van der Waals surface area contributed by atoms with E-state index in [2.05, 4.69) is 15.9 Å². The summed E-state index contributed by atoms with van der Waals surface area (Å²) in [7, 11) is 0. The van der Waals surface area contributed by atoms with Gasteiger partial charge >= 0.3 is 0 Å². The maximum Gasteiger partial charge on any atom is 0.166 e. The molecule has 14 heavy (non-hydrogen) atoms. The minimum atomic E-state index is -0.776. The van der Waals surface area contributed by atoms with Crippen LogP contribution in [0, 0.1) is 12.7 Å². The number of rotatable bonds is 2. The summed E-state index contributed by atoms with van der Waals surface area (Å²) >= 11 is 3.14. The van der Waals surface area contributed by atoms with Gasteiger partial charge in [-0.3, -0.25) is 0 Å². The fraction of sp³-hybridized carbons (Fsp3) is 0.333. The summed E-state index contributed by atoms with van der Waals surface area (Å²) in [6.07, 6.45) is 0. The van der Waals surface area contributed by atoms with Gasteiger partial charge in [-0.05, 0) is 18.6 Å². The fourth-order valence-corrected chi connectivity index (χ4v) is 1.68. The third-order valence-corrected chi connectivity index (χ3v) is 2.89. The van der Waals surface area contributed by atoms with Crippen molar-refractivity contribution >= 4 is 15.9 Å². The molecule has 78 valence electrons. The monoisotopic (exact) mass is 263 g/mol. The molecule has 0 bridgehead atoms. The molecule has 1 aromatic rings. The molecule has 0 aliphatic carbocycles.